The van der Waals surface area contributed by atoms with E-state index < -0.39 is 0 Å². The van der Waals surface area contributed by atoms with Crippen LogP contribution < -0.4 is 5.73 Å². The van der Waals surface area contributed by atoms with E-state index in [0.717, 1.165) is 27.1 Å². The zero-order chi connectivity index (χ0) is 14.2. The van der Waals surface area contributed by atoms with Crippen LogP contribution in [0.5, 0.6) is 0 Å². The van der Waals surface area contributed by atoms with Gasteiger partial charge in [-0.1, -0.05) is 22.0 Å². The lowest BCUT2D eigenvalue weighted by Gasteiger charge is -2.13. The summed E-state index contributed by atoms with van der Waals surface area (Å²) in [6, 6.07) is 4.79. The van der Waals surface area contributed by atoms with Gasteiger partial charge in [0.05, 0.1) is 0 Å². The van der Waals surface area contributed by atoms with Gasteiger partial charge >= 0.3 is 0 Å². The summed E-state index contributed by atoms with van der Waals surface area (Å²) < 4.78 is 20.1. The van der Waals surface area contributed by atoms with E-state index in [1.165, 1.54) is 6.07 Å². The van der Waals surface area contributed by atoms with Crippen LogP contribution in [0.1, 0.15) is 34.3 Å². The number of furan rings is 1. The second kappa shape index (κ2) is 5.47. The van der Waals surface area contributed by atoms with Crippen molar-refractivity contribution in [1.82, 2.24) is 0 Å². The summed E-state index contributed by atoms with van der Waals surface area (Å²) in [7, 11) is 0. The Morgan fingerprint density at radius 3 is 2.47 bits per heavy atom. The van der Waals surface area contributed by atoms with Crippen molar-refractivity contribution in [3.05, 3.63) is 56.7 Å². The summed E-state index contributed by atoms with van der Waals surface area (Å²) in [6.45, 7) is 5.80. The van der Waals surface area contributed by atoms with Gasteiger partial charge in [0.1, 0.15) is 17.3 Å². The van der Waals surface area contributed by atoms with Gasteiger partial charge in [0.25, 0.3) is 0 Å². The van der Waals surface area contributed by atoms with Crippen molar-refractivity contribution < 1.29 is 8.81 Å². The fraction of sp³-hybridized carbons (Fsp3) is 0.333. The first-order valence-electron chi connectivity index (χ1n) is 6.16. The highest BCUT2D eigenvalue weighted by molar-refractivity contribution is 9.10. The summed E-state index contributed by atoms with van der Waals surface area (Å²) in [4.78, 5) is 0. The van der Waals surface area contributed by atoms with Crippen molar-refractivity contribution in [2.75, 3.05) is 0 Å². The smallest absolute Gasteiger partial charge is 0.127 e. The molecule has 0 fully saturated rings. The fourth-order valence-corrected chi connectivity index (χ4v) is 2.71. The summed E-state index contributed by atoms with van der Waals surface area (Å²) in [5.41, 5.74) is 8.87. The van der Waals surface area contributed by atoms with Crippen LogP contribution in [0.15, 0.2) is 27.1 Å². The number of rotatable bonds is 3. The molecule has 2 N–H and O–H groups in total. The van der Waals surface area contributed by atoms with Crippen LogP contribution in [-0.4, -0.2) is 0 Å². The van der Waals surface area contributed by atoms with Crippen molar-refractivity contribution in [2.24, 2.45) is 5.73 Å². The highest BCUT2D eigenvalue weighted by atomic mass is 79.9. The molecule has 19 heavy (non-hydrogen) atoms. The number of aryl methyl sites for hydroxylation is 2. The maximum absolute atomic E-state index is 13.8. The van der Waals surface area contributed by atoms with E-state index in [-0.39, 0.29) is 11.9 Å². The van der Waals surface area contributed by atoms with Crippen LogP contribution in [0.25, 0.3) is 0 Å². The molecule has 0 saturated carbocycles. The van der Waals surface area contributed by atoms with Crippen molar-refractivity contribution in [1.29, 1.82) is 0 Å². The normalized spacial score (nSPS) is 12.7. The Morgan fingerprint density at radius 2 is 1.95 bits per heavy atom. The van der Waals surface area contributed by atoms with Gasteiger partial charge < -0.3 is 10.2 Å². The van der Waals surface area contributed by atoms with Gasteiger partial charge in [0.2, 0.25) is 0 Å². The Bertz CT molecular complexity index is 606. The molecule has 1 unspecified atom stereocenters. The molecule has 0 saturated heterocycles. The van der Waals surface area contributed by atoms with Crippen LogP contribution in [0.2, 0.25) is 0 Å². The minimum absolute atomic E-state index is 0.236. The SMILES string of the molecule is Cc1oc(C)c(C(N)Cc2ccc(Br)cc2F)c1C. The van der Waals surface area contributed by atoms with Crippen LogP contribution in [-0.2, 0) is 6.42 Å². The second-order valence-electron chi connectivity index (χ2n) is 4.80. The average molecular weight is 326 g/mol. The molecule has 1 atom stereocenters. The van der Waals surface area contributed by atoms with Crippen LogP contribution in [0.4, 0.5) is 4.39 Å². The molecule has 0 bridgehead atoms. The molecule has 2 rings (SSSR count). The first-order valence-corrected chi connectivity index (χ1v) is 6.95. The van der Waals surface area contributed by atoms with Crippen molar-refractivity contribution in [2.45, 2.75) is 33.2 Å². The molecular formula is C15H17BrFNO. The van der Waals surface area contributed by atoms with E-state index in [1.54, 1.807) is 6.07 Å². The first kappa shape index (κ1) is 14.3. The molecule has 1 aromatic heterocycles. The Morgan fingerprint density at radius 1 is 1.26 bits per heavy atom. The average Bonchev–Trinajstić information content (AvgIpc) is 2.57. The van der Waals surface area contributed by atoms with Crippen molar-refractivity contribution >= 4 is 15.9 Å². The van der Waals surface area contributed by atoms with E-state index in [4.69, 9.17) is 10.2 Å². The molecule has 102 valence electrons. The molecule has 2 aromatic rings. The number of nitrogens with two attached hydrogens (primary N) is 1. The monoisotopic (exact) mass is 325 g/mol. The lowest BCUT2D eigenvalue weighted by Crippen LogP contribution is -2.15. The molecule has 0 aliphatic heterocycles. The first-order chi connectivity index (χ1) is 8.90. The topological polar surface area (TPSA) is 39.2 Å². The quantitative estimate of drug-likeness (QED) is 0.911. The molecule has 0 spiro atoms. The van der Waals surface area contributed by atoms with Gasteiger partial charge in [-0.25, -0.2) is 4.39 Å². The third kappa shape index (κ3) is 2.90. The standard InChI is InChI=1S/C15H17BrFNO/c1-8-9(2)19-10(3)15(8)14(18)6-11-4-5-12(16)7-13(11)17/h4-5,7,14H,6,18H2,1-3H3. The third-order valence-corrected chi connectivity index (χ3v) is 3.94. The summed E-state index contributed by atoms with van der Waals surface area (Å²) in [5.74, 6) is 1.46. The Kier molecular flexibility index (Phi) is 4.11. The number of halogens is 2. The molecule has 0 amide bonds. The summed E-state index contributed by atoms with van der Waals surface area (Å²) in [5, 5.41) is 0. The third-order valence-electron chi connectivity index (χ3n) is 3.44. The zero-order valence-electron chi connectivity index (χ0n) is 11.3. The lowest BCUT2D eigenvalue weighted by atomic mass is 9.96. The maximum Gasteiger partial charge on any atom is 0.127 e. The highest BCUT2D eigenvalue weighted by Gasteiger charge is 2.19. The molecule has 1 aromatic carbocycles. The summed E-state index contributed by atoms with van der Waals surface area (Å²) >= 11 is 3.25. The van der Waals surface area contributed by atoms with Crippen molar-refractivity contribution in [3.8, 4) is 0 Å². The van der Waals surface area contributed by atoms with Gasteiger partial charge in [0.15, 0.2) is 0 Å². The van der Waals surface area contributed by atoms with E-state index in [9.17, 15) is 4.39 Å². The largest absolute Gasteiger partial charge is 0.466 e. The molecular weight excluding hydrogens is 309 g/mol. The Hall–Kier alpha value is -1.13. The van der Waals surface area contributed by atoms with Crippen LogP contribution >= 0.6 is 15.9 Å². The predicted molar refractivity (Wildman–Crippen MR) is 77.7 cm³/mol. The minimum atomic E-state index is -0.256. The van der Waals surface area contributed by atoms with E-state index >= 15 is 0 Å². The van der Waals surface area contributed by atoms with E-state index in [2.05, 4.69) is 15.9 Å². The maximum atomic E-state index is 13.8. The Labute approximate surface area is 120 Å². The van der Waals surface area contributed by atoms with Gasteiger partial charge in [0, 0.05) is 16.1 Å². The number of benzene rings is 1. The van der Waals surface area contributed by atoms with Gasteiger partial charge in [-0.3, -0.25) is 0 Å². The molecule has 2 nitrogen and oxygen atoms in total. The minimum Gasteiger partial charge on any atom is -0.466 e. The molecule has 1 heterocycles. The summed E-state index contributed by atoms with van der Waals surface area (Å²) in [6.07, 6.45) is 0.458. The molecule has 0 aliphatic rings. The van der Waals surface area contributed by atoms with Gasteiger partial charge in [-0.05, 0) is 50.5 Å². The van der Waals surface area contributed by atoms with E-state index in [0.29, 0.717) is 12.0 Å². The van der Waals surface area contributed by atoms with Crippen LogP contribution in [0.3, 0.4) is 0 Å². The zero-order valence-corrected chi connectivity index (χ0v) is 12.8. The van der Waals surface area contributed by atoms with Gasteiger partial charge in [-0.2, -0.15) is 0 Å². The second-order valence-corrected chi connectivity index (χ2v) is 5.72. The van der Waals surface area contributed by atoms with Crippen LogP contribution in [0, 0.1) is 26.6 Å². The van der Waals surface area contributed by atoms with Gasteiger partial charge in [-0.15, -0.1) is 0 Å². The highest BCUT2D eigenvalue weighted by Crippen LogP contribution is 2.28. The number of hydrogen-bond acceptors (Lipinski definition) is 2. The molecule has 0 radical (unpaired) electrons. The van der Waals surface area contributed by atoms with Crippen molar-refractivity contribution in [3.63, 3.8) is 0 Å². The number of hydrogen-bond donors (Lipinski definition) is 1. The molecule has 4 heteroatoms. The lowest BCUT2D eigenvalue weighted by molar-refractivity contribution is 0.495. The predicted octanol–water partition coefficient (Wildman–Crippen LogP) is 4.35. The Balaban J connectivity index is 2.28. The fourth-order valence-electron chi connectivity index (χ4n) is 2.38. The van der Waals surface area contributed by atoms with E-state index in [1.807, 2.05) is 26.8 Å². The molecule has 0 aliphatic carbocycles.